The lowest BCUT2D eigenvalue weighted by Crippen LogP contribution is -2.28. The van der Waals surface area contributed by atoms with E-state index in [4.69, 9.17) is 9.47 Å². The maximum atomic E-state index is 6.48. The van der Waals surface area contributed by atoms with Crippen molar-refractivity contribution >= 4 is 0 Å². The van der Waals surface area contributed by atoms with E-state index in [0.717, 1.165) is 19.3 Å². The van der Waals surface area contributed by atoms with Crippen molar-refractivity contribution in [3.63, 3.8) is 0 Å². The second-order valence-electron chi connectivity index (χ2n) is 7.84. The topological polar surface area (TPSA) is 18.5 Å². The minimum Gasteiger partial charge on any atom is -0.344 e. The molecule has 2 nitrogen and oxygen atoms in total. The second kappa shape index (κ2) is 6.95. The average molecular weight is 356 g/mol. The molecular weight excluding hydrogens is 332 g/mol. The lowest BCUT2D eigenvalue weighted by atomic mass is 9.74. The van der Waals surface area contributed by atoms with Gasteiger partial charge in [0.2, 0.25) is 0 Å². The van der Waals surface area contributed by atoms with E-state index in [1.807, 2.05) is 0 Å². The Kier molecular flexibility index (Phi) is 4.31. The fraction of sp³-hybridized carbons (Fsp3) is 0.280. The summed E-state index contributed by atoms with van der Waals surface area (Å²) in [6.45, 7) is 0. The molecule has 5 rings (SSSR count). The molecule has 2 aliphatic rings. The van der Waals surface area contributed by atoms with Gasteiger partial charge in [0.05, 0.1) is 12.2 Å². The highest BCUT2D eigenvalue weighted by Crippen LogP contribution is 2.58. The molecule has 2 saturated heterocycles. The summed E-state index contributed by atoms with van der Waals surface area (Å²) in [5.74, 6) is 0. The van der Waals surface area contributed by atoms with Crippen LogP contribution in [0.1, 0.15) is 41.7 Å². The zero-order chi connectivity index (χ0) is 18.1. The molecule has 0 amide bonds. The number of hydrogen-bond donors (Lipinski definition) is 0. The zero-order valence-corrected chi connectivity index (χ0v) is 15.3. The quantitative estimate of drug-likeness (QED) is 0.582. The van der Waals surface area contributed by atoms with Gasteiger partial charge in [-0.15, -0.1) is 0 Å². The van der Waals surface area contributed by atoms with Gasteiger partial charge < -0.3 is 9.47 Å². The van der Waals surface area contributed by atoms with Gasteiger partial charge in [0.15, 0.2) is 6.29 Å². The van der Waals surface area contributed by atoms with Crippen molar-refractivity contribution in [2.75, 3.05) is 0 Å². The van der Waals surface area contributed by atoms with E-state index in [-0.39, 0.29) is 23.9 Å². The largest absolute Gasteiger partial charge is 0.344 e. The molecule has 0 radical (unpaired) electrons. The van der Waals surface area contributed by atoms with Gasteiger partial charge >= 0.3 is 0 Å². The van der Waals surface area contributed by atoms with Gasteiger partial charge in [-0.25, -0.2) is 0 Å². The Morgan fingerprint density at radius 1 is 0.630 bits per heavy atom. The van der Waals surface area contributed by atoms with Crippen LogP contribution in [0.3, 0.4) is 0 Å². The summed E-state index contributed by atoms with van der Waals surface area (Å²) in [5, 5.41) is 0. The van der Waals surface area contributed by atoms with Crippen LogP contribution in [-0.4, -0.2) is 6.29 Å². The molecule has 3 aromatic carbocycles. The first-order valence-electron chi connectivity index (χ1n) is 9.77. The van der Waals surface area contributed by atoms with Crippen LogP contribution in [0.4, 0.5) is 0 Å². The van der Waals surface area contributed by atoms with E-state index < -0.39 is 0 Å². The molecule has 27 heavy (non-hydrogen) atoms. The number of fused-ring (bicyclic) bond motifs is 1. The predicted octanol–water partition coefficient (Wildman–Crippen LogP) is 5.86. The molecule has 0 saturated carbocycles. The highest BCUT2D eigenvalue weighted by molar-refractivity contribution is 5.25. The molecule has 2 unspecified atom stereocenters. The van der Waals surface area contributed by atoms with Gasteiger partial charge in [-0.3, -0.25) is 0 Å². The first kappa shape index (κ1) is 16.7. The van der Waals surface area contributed by atoms with E-state index >= 15 is 0 Å². The Balaban J connectivity index is 1.45. The summed E-state index contributed by atoms with van der Waals surface area (Å²) in [4.78, 5) is 0. The van der Waals surface area contributed by atoms with Crippen LogP contribution in [0.5, 0.6) is 0 Å². The van der Waals surface area contributed by atoms with Crippen molar-refractivity contribution in [2.45, 2.75) is 37.8 Å². The molecule has 0 aliphatic carbocycles. The van der Waals surface area contributed by atoms with Crippen molar-refractivity contribution in [2.24, 2.45) is 5.41 Å². The number of rotatable bonds is 4. The highest BCUT2D eigenvalue weighted by Gasteiger charge is 2.56. The van der Waals surface area contributed by atoms with Crippen LogP contribution < -0.4 is 0 Å². The van der Waals surface area contributed by atoms with Crippen LogP contribution in [0.15, 0.2) is 91.0 Å². The van der Waals surface area contributed by atoms with Gasteiger partial charge in [-0.05, 0) is 36.0 Å². The molecule has 3 aromatic rings. The summed E-state index contributed by atoms with van der Waals surface area (Å²) < 4.78 is 13.0. The molecule has 0 bridgehead atoms. The summed E-state index contributed by atoms with van der Waals surface area (Å²) >= 11 is 0. The Morgan fingerprint density at radius 3 is 1.56 bits per heavy atom. The zero-order valence-electron chi connectivity index (χ0n) is 15.3. The van der Waals surface area contributed by atoms with E-state index in [1.54, 1.807) is 0 Å². The fourth-order valence-electron chi connectivity index (χ4n) is 4.69. The number of ether oxygens (including phenoxy) is 2. The molecular formula is C25H24O2. The summed E-state index contributed by atoms with van der Waals surface area (Å²) in [7, 11) is 0. The van der Waals surface area contributed by atoms with Crippen molar-refractivity contribution in [3.8, 4) is 0 Å². The third kappa shape index (κ3) is 3.20. The van der Waals surface area contributed by atoms with E-state index in [9.17, 15) is 0 Å². The van der Waals surface area contributed by atoms with Gasteiger partial charge in [-0.1, -0.05) is 91.0 Å². The van der Waals surface area contributed by atoms with Gasteiger partial charge in [0.1, 0.15) is 0 Å². The van der Waals surface area contributed by atoms with Crippen LogP contribution >= 0.6 is 0 Å². The van der Waals surface area contributed by atoms with Crippen LogP contribution in [0, 0.1) is 5.41 Å². The Hall–Kier alpha value is -2.42. The standard InChI is InChI=1S/C25H24O2/c1-4-10-19(11-5-1)16-25-17-22(20-12-6-2-7-13-20)26-24(25)27-23(18-25)21-14-8-3-9-15-21/h1-15,22-24H,16-18H2/t22-,23+,24?,25?. The molecule has 4 atom stereocenters. The average Bonchev–Trinajstić information content (AvgIpc) is 3.24. The molecule has 2 fully saturated rings. The lowest BCUT2D eigenvalue weighted by molar-refractivity contribution is -0.153. The Bertz CT molecular complexity index is 824. The van der Waals surface area contributed by atoms with Gasteiger partial charge in [-0.2, -0.15) is 0 Å². The molecule has 0 spiro atoms. The minimum absolute atomic E-state index is 0.0162. The van der Waals surface area contributed by atoms with Gasteiger partial charge in [0, 0.05) is 5.41 Å². The first-order valence-corrected chi connectivity index (χ1v) is 9.77. The monoisotopic (exact) mass is 356 g/mol. The molecule has 2 heterocycles. The predicted molar refractivity (Wildman–Crippen MR) is 106 cm³/mol. The second-order valence-corrected chi connectivity index (χ2v) is 7.84. The Labute approximate surface area is 160 Å². The lowest BCUT2D eigenvalue weighted by Gasteiger charge is -2.26. The Morgan fingerprint density at radius 2 is 1.07 bits per heavy atom. The molecule has 0 aromatic heterocycles. The summed E-state index contributed by atoms with van der Waals surface area (Å²) in [6.07, 6.45) is 3.05. The van der Waals surface area contributed by atoms with E-state index in [2.05, 4.69) is 91.0 Å². The van der Waals surface area contributed by atoms with Crippen molar-refractivity contribution in [1.82, 2.24) is 0 Å². The number of benzene rings is 3. The van der Waals surface area contributed by atoms with Crippen molar-refractivity contribution in [3.05, 3.63) is 108 Å². The van der Waals surface area contributed by atoms with Crippen LogP contribution in [0.25, 0.3) is 0 Å². The third-order valence-corrected chi connectivity index (χ3v) is 6.00. The van der Waals surface area contributed by atoms with Crippen molar-refractivity contribution in [1.29, 1.82) is 0 Å². The number of hydrogen-bond acceptors (Lipinski definition) is 2. The molecule has 136 valence electrons. The highest BCUT2D eigenvalue weighted by atomic mass is 16.7. The van der Waals surface area contributed by atoms with Crippen molar-refractivity contribution < 1.29 is 9.47 Å². The fourth-order valence-corrected chi connectivity index (χ4v) is 4.69. The molecule has 2 aliphatic heterocycles. The SMILES string of the molecule is c1ccc(CC23C[C@@H](c4ccccc4)OC2O[C@@H](c2ccccc2)C3)cc1. The van der Waals surface area contributed by atoms with E-state index in [0.29, 0.717) is 0 Å². The first-order chi connectivity index (χ1) is 13.3. The smallest absolute Gasteiger partial charge is 0.165 e. The maximum Gasteiger partial charge on any atom is 0.165 e. The molecule has 2 heteroatoms. The van der Waals surface area contributed by atoms with Crippen LogP contribution in [-0.2, 0) is 15.9 Å². The summed E-state index contributed by atoms with van der Waals surface area (Å²) in [6, 6.07) is 31.9. The normalized spacial score (nSPS) is 29.6. The third-order valence-electron chi connectivity index (χ3n) is 6.00. The van der Waals surface area contributed by atoms with Gasteiger partial charge in [0.25, 0.3) is 0 Å². The van der Waals surface area contributed by atoms with Crippen LogP contribution in [0.2, 0.25) is 0 Å². The minimum atomic E-state index is -0.159. The molecule has 0 N–H and O–H groups in total. The summed E-state index contributed by atoms with van der Waals surface area (Å²) in [5.41, 5.74) is 3.87. The maximum absolute atomic E-state index is 6.48. The van der Waals surface area contributed by atoms with E-state index in [1.165, 1.54) is 16.7 Å².